The third-order valence-corrected chi connectivity index (χ3v) is 3.75. The lowest BCUT2D eigenvalue weighted by Crippen LogP contribution is -2.43. The molecule has 0 fully saturated rings. The number of carbonyl (C=O) groups is 1. The molecular formula is C16H24N2O. The zero-order valence-electron chi connectivity index (χ0n) is 11.9. The second-order valence-electron chi connectivity index (χ2n) is 5.89. The topological polar surface area (TPSA) is 55.1 Å². The lowest BCUT2D eigenvalue weighted by Gasteiger charge is -2.27. The third-order valence-electron chi connectivity index (χ3n) is 3.75. The van der Waals surface area contributed by atoms with Crippen molar-refractivity contribution >= 4 is 5.91 Å². The maximum Gasteiger partial charge on any atom is 0.237 e. The van der Waals surface area contributed by atoms with Crippen LogP contribution < -0.4 is 11.1 Å². The molecule has 104 valence electrons. The van der Waals surface area contributed by atoms with Crippen LogP contribution in [0.4, 0.5) is 0 Å². The normalized spacial score (nSPS) is 19.9. The SMILES string of the molecule is CC(C)C[C@H](N)C(=O)NC1CCCc2ccccc21. The van der Waals surface area contributed by atoms with Crippen molar-refractivity contribution in [1.29, 1.82) is 0 Å². The molecule has 0 radical (unpaired) electrons. The van der Waals surface area contributed by atoms with Gasteiger partial charge < -0.3 is 11.1 Å². The first kappa shape index (κ1) is 14.1. The molecule has 3 N–H and O–H groups in total. The standard InChI is InChI=1S/C16H24N2O/c1-11(2)10-14(17)16(19)18-15-9-5-7-12-6-3-4-8-13(12)15/h3-4,6,8,11,14-15H,5,7,9-10,17H2,1-2H3,(H,18,19)/t14-,15?/m0/s1. The quantitative estimate of drug-likeness (QED) is 0.874. The highest BCUT2D eigenvalue weighted by atomic mass is 16.2. The Hall–Kier alpha value is -1.35. The van der Waals surface area contributed by atoms with Crippen molar-refractivity contribution in [2.45, 2.75) is 51.6 Å². The molecule has 0 saturated heterocycles. The molecule has 0 heterocycles. The molecule has 2 atom stereocenters. The number of amides is 1. The third kappa shape index (κ3) is 3.57. The van der Waals surface area contributed by atoms with Crippen molar-refractivity contribution in [3.05, 3.63) is 35.4 Å². The summed E-state index contributed by atoms with van der Waals surface area (Å²) in [7, 11) is 0. The highest BCUT2D eigenvalue weighted by molar-refractivity contribution is 5.82. The molecule has 0 aromatic heterocycles. The molecule has 1 aromatic rings. The summed E-state index contributed by atoms with van der Waals surface area (Å²) in [6.45, 7) is 4.17. The smallest absolute Gasteiger partial charge is 0.237 e. The van der Waals surface area contributed by atoms with Crippen molar-refractivity contribution < 1.29 is 4.79 Å². The van der Waals surface area contributed by atoms with Crippen LogP contribution in [0.2, 0.25) is 0 Å². The predicted octanol–water partition coefficient (Wildman–Crippen LogP) is 2.55. The fraction of sp³-hybridized carbons (Fsp3) is 0.562. The number of rotatable bonds is 4. The molecular weight excluding hydrogens is 236 g/mol. The van der Waals surface area contributed by atoms with Crippen LogP contribution in [-0.4, -0.2) is 11.9 Å². The predicted molar refractivity (Wildman–Crippen MR) is 77.7 cm³/mol. The summed E-state index contributed by atoms with van der Waals surface area (Å²) in [5.74, 6) is 0.426. The van der Waals surface area contributed by atoms with Gasteiger partial charge in [0.2, 0.25) is 5.91 Å². The molecule has 3 nitrogen and oxygen atoms in total. The van der Waals surface area contributed by atoms with E-state index in [1.165, 1.54) is 11.1 Å². The van der Waals surface area contributed by atoms with Gasteiger partial charge in [0, 0.05) is 0 Å². The molecule has 1 unspecified atom stereocenters. The summed E-state index contributed by atoms with van der Waals surface area (Å²) < 4.78 is 0. The van der Waals surface area contributed by atoms with E-state index in [0.717, 1.165) is 25.7 Å². The second kappa shape index (κ2) is 6.20. The molecule has 0 spiro atoms. The van der Waals surface area contributed by atoms with Gasteiger partial charge in [-0.25, -0.2) is 0 Å². The Morgan fingerprint density at radius 1 is 1.42 bits per heavy atom. The number of nitrogens with one attached hydrogen (secondary N) is 1. The number of carbonyl (C=O) groups excluding carboxylic acids is 1. The minimum atomic E-state index is -0.394. The first-order valence-corrected chi connectivity index (χ1v) is 7.21. The molecule has 0 aliphatic heterocycles. The molecule has 1 aliphatic carbocycles. The number of nitrogens with two attached hydrogens (primary N) is 1. The Kier molecular flexibility index (Phi) is 4.59. The van der Waals surface area contributed by atoms with Gasteiger partial charge in [-0.1, -0.05) is 38.1 Å². The van der Waals surface area contributed by atoms with E-state index in [-0.39, 0.29) is 11.9 Å². The molecule has 2 rings (SSSR count). The summed E-state index contributed by atoms with van der Waals surface area (Å²) in [6.07, 6.45) is 3.99. The minimum Gasteiger partial charge on any atom is -0.348 e. The Bertz CT molecular complexity index is 442. The van der Waals surface area contributed by atoms with Crippen molar-refractivity contribution in [3.63, 3.8) is 0 Å². The van der Waals surface area contributed by atoms with Crippen LogP contribution in [0.5, 0.6) is 0 Å². The summed E-state index contributed by atoms with van der Waals surface area (Å²) in [6, 6.07) is 8.12. The maximum atomic E-state index is 12.1. The van der Waals surface area contributed by atoms with Crippen LogP contribution in [-0.2, 0) is 11.2 Å². The fourth-order valence-corrected chi connectivity index (χ4v) is 2.80. The molecule has 0 saturated carbocycles. The number of fused-ring (bicyclic) bond motifs is 1. The fourth-order valence-electron chi connectivity index (χ4n) is 2.80. The van der Waals surface area contributed by atoms with E-state index >= 15 is 0 Å². The summed E-state index contributed by atoms with van der Waals surface area (Å²) in [5, 5.41) is 3.12. The van der Waals surface area contributed by atoms with E-state index < -0.39 is 6.04 Å². The van der Waals surface area contributed by atoms with Gasteiger partial charge in [0.25, 0.3) is 0 Å². The summed E-state index contributed by atoms with van der Waals surface area (Å²) >= 11 is 0. The maximum absolute atomic E-state index is 12.1. The van der Waals surface area contributed by atoms with Crippen molar-refractivity contribution in [1.82, 2.24) is 5.32 Å². The van der Waals surface area contributed by atoms with Gasteiger partial charge in [-0.15, -0.1) is 0 Å². The average molecular weight is 260 g/mol. The van der Waals surface area contributed by atoms with Gasteiger partial charge in [-0.05, 0) is 42.7 Å². The van der Waals surface area contributed by atoms with E-state index in [9.17, 15) is 4.79 Å². The van der Waals surface area contributed by atoms with E-state index in [4.69, 9.17) is 5.73 Å². The molecule has 19 heavy (non-hydrogen) atoms. The minimum absolute atomic E-state index is 0.0181. The van der Waals surface area contributed by atoms with Crippen LogP contribution >= 0.6 is 0 Å². The lowest BCUT2D eigenvalue weighted by molar-refractivity contribution is -0.123. The molecule has 1 amide bonds. The zero-order chi connectivity index (χ0) is 13.8. The highest BCUT2D eigenvalue weighted by Gasteiger charge is 2.23. The monoisotopic (exact) mass is 260 g/mol. The Labute approximate surface area is 115 Å². The first-order valence-electron chi connectivity index (χ1n) is 7.21. The number of hydrogen-bond acceptors (Lipinski definition) is 2. The van der Waals surface area contributed by atoms with Gasteiger partial charge in [-0.3, -0.25) is 4.79 Å². The van der Waals surface area contributed by atoms with Gasteiger partial charge in [-0.2, -0.15) is 0 Å². The van der Waals surface area contributed by atoms with Crippen LogP contribution in [0.15, 0.2) is 24.3 Å². The summed E-state index contributed by atoms with van der Waals surface area (Å²) in [4.78, 5) is 12.1. The molecule has 0 bridgehead atoms. The second-order valence-corrected chi connectivity index (χ2v) is 5.89. The Morgan fingerprint density at radius 2 is 2.16 bits per heavy atom. The molecule has 1 aromatic carbocycles. The van der Waals surface area contributed by atoms with E-state index in [1.54, 1.807) is 0 Å². The first-order chi connectivity index (χ1) is 9.08. The van der Waals surface area contributed by atoms with E-state index in [0.29, 0.717) is 5.92 Å². The number of benzene rings is 1. The molecule has 1 aliphatic rings. The average Bonchev–Trinajstić information content (AvgIpc) is 2.38. The Balaban J connectivity index is 2.02. The van der Waals surface area contributed by atoms with Gasteiger partial charge >= 0.3 is 0 Å². The number of aryl methyl sites for hydroxylation is 1. The van der Waals surface area contributed by atoms with Crippen LogP contribution in [0, 0.1) is 5.92 Å². The Morgan fingerprint density at radius 3 is 2.89 bits per heavy atom. The summed E-state index contributed by atoms with van der Waals surface area (Å²) in [5.41, 5.74) is 8.56. The van der Waals surface area contributed by atoms with E-state index in [2.05, 4.69) is 37.4 Å². The van der Waals surface area contributed by atoms with Gasteiger partial charge in [0.15, 0.2) is 0 Å². The zero-order valence-corrected chi connectivity index (χ0v) is 11.9. The van der Waals surface area contributed by atoms with Gasteiger partial charge in [0.05, 0.1) is 12.1 Å². The van der Waals surface area contributed by atoms with Crippen LogP contribution in [0.3, 0.4) is 0 Å². The van der Waals surface area contributed by atoms with Crippen molar-refractivity contribution in [2.75, 3.05) is 0 Å². The lowest BCUT2D eigenvalue weighted by atomic mass is 9.87. The van der Waals surface area contributed by atoms with Crippen molar-refractivity contribution in [3.8, 4) is 0 Å². The number of hydrogen-bond donors (Lipinski definition) is 2. The molecule has 3 heteroatoms. The van der Waals surface area contributed by atoms with Crippen molar-refractivity contribution in [2.24, 2.45) is 11.7 Å². The van der Waals surface area contributed by atoms with E-state index in [1.807, 2.05) is 6.07 Å². The van der Waals surface area contributed by atoms with Crippen LogP contribution in [0.1, 0.15) is 50.3 Å². The van der Waals surface area contributed by atoms with Crippen LogP contribution in [0.25, 0.3) is 0 Å². The largest absolute Gasteiger partial charge is 0.348 e. The highest BCUT2D eigenvalue weighted by Crippen LogP contribution is 2.29. The van der Waals surface area contributed by atoms with Gasteiger partial charge in [0.1, 0.15) is 0 Å².